The summed E-state index contributed by atoms with van der Waals surface area (Å²) in [4.78, 5) is 22.1. The van der Waals surface area contributed by atoms with Gasteiger partial charge in [-0.1, -0.05) is 19.3 Å². The van der Waals surface area contributed by atoms with Crippen LogP contribution in [-0.4, -0.2) is 29.6 Å². The van der Waals surface area contributed by atoms with Gasteiger partial charge in [-0.2, -0.15) is 13.2 Å². The van der Waals surface area contributed by atoms with Crippen LogP contribution in [0.4, 0.5) is 13.2 Å². The van der Waals surface area contributed by atoms with Crippen LogP contribution in [0.1, 0.15) is 38.5 Å². The second-order valence-electron chi connectivity index (χ2n) is 5.45. The number of nitrogens with one attached hydrogen (secondary N) is 1. The Bertz CT molecular complexity index is 462. The van der Waals surface area contributed by atoms with Crippen LogP contribution in [0.15, 0.2) is 11.3 Å². The highest BCUT2D eigenvalue weighted by Gasteiger charge is 2.55. The standard InChI is InChI=1S/C13H16F3NO3/c14-13(15,16)11(20)10-8(17-7-9(18)19)6-12(10)4-2-1-3-5-12/h17H,1-7H2,(H,18,19). The van der Waals surface area contributed by atoms with Crippen molar-refractivity contribution in [3.05, 3.63) is 11.3 Å². The molecule has 0 bridgehead atoms. The highest BCUT2D eigenvalue weighted by Crippen LogP contribution is 2.56. The number of alkyl halides is 3. The minimum absolute atomic E-state index is 0.150. The van der Waals surface area contributed by atoms with Gasteiger partial charge in [0.1, 0.15) is 6.54 Å². The van der Waals surface area contributed by atoms with Crippen molar-refractivity contribution in [2.75, 3.05) is 6.54 Å². The number of carboxylic acid groups (broad SMARTS) is 1. The van der Waals surface area contributed by atoms with E-state index in [1.807, 2.05) is 0 Å². The summed E-state index contributed by atoms with van der Waals surface area (Å²) in [5.41, 5.74) is -0.770. The predicted octanol–water partition coefficient (Wildman–Crippen LogP) is 2.40. The molecule has 0 aliphatic heterocycles. The van der Waals surface area contributed by atoms with E-state index < -0.39 is 29.9 Å². The number of hydrogen-bond donors (Lipinski definition) is 2. The molecule has 0 unspecified atom stereocenters. The van der Waals surface area contributed by atoms with E-state index in [0.717, 1.165) is 19.3 Å². The van der Waals surface area contributed by atoms with Gasteiger partial charge in [0.25, 0.3) is 5.78 Å². The maximum atomic E-state index is 12.7. The Morgan fingerprint density at radius 1 is 1.20 bits per heavy atom. The van der Waals surface area contributed by atoms with Crippen molar-refractivity contribution in [1.82, 2.24) is 5.32 Å². The topological polar surface area (TPSA) is 66.4 Å². The maximum absolute atomic E-state index is 12.7. The Morgan fingerprint density at radius 2 is 1.80 bits per heavy atom. The number of halogens is 3. The summed E-state index contributed by atoms with van der Waals surface area (Å²) in [5, 5.41) is 11.0. The predicted molar refractivity (Wildman–Crippen MR) is 63.9 cm³/mol. The zero-order chi connectivity index (χ0) is 15.0. The molecular formula is C13H16F3NO3. The minimum atomic E-state index is -4.91. The van der Waals surface area contributed by atoms with Gasteiger partial charge in [0.05, 0.1) is 0 Å². The molecule has 0 heterocycles. The van der Waals surface area contributed by atoms with Gasteiger partial charge in [0.2, 0.25) is 0 Å². The van der Waals surface area contributed by atoms with E-state index in [1.54, 1.807) is 0 Å². The van der Waals surface area contributed by atoms with E-state index in [0.29, 0.717) is 19.3 Å². The number of carbonyl (C=O) groups excluding carboxylic acids is 1. The molecule has 0 radical (unpaired) electrons. The van der Waals surface area contributed by atoms with Crippen LogP contribution in [0.5, 0.6) is 0 Å². The quantitative estimate of drug-likeness (QED) is 0.834. The van der Waals surface area contributed by atoms with E-state index in [-0.39, 0.29) is 11.3 Å². The zero-order valence-corrected chi connectivity index (χ0v) is 10.8. The first kappa shape index (κ1) is 14.9. The molecule has 0 saturated heterocycles. The Hall–Kier alpha value is -1.53. The largest absolute Gasteiger partial charge is 0.480 e. The summed E-state index contributed by atoms with van der Waals surface area (Å²) in [6, 6.07) is 0. The van der Waals surface area contributed by atoms with Crippen molar-refractivity contribution in [1.29, 1.82) is 0 Å². The van der Waals surface area contributed by atoms with Gasteiger partial charge >= 0.3 is 12.1 Å². The van der Waals surface area contributed by atoms with E-state index >= 15 is 0 Å². The van der Waals surface area contributed by atoms with E-state index in [2.05, 4.69) is 5.32 Å². The zero-order valence-electron chi connectivity index (χ0n) is 10.8. The van der Waals surface area contributed by atoms with Gasteiger partial charge in [-0.05, 0) is 19.3 Å². The number of rotatable bonds is 4. The fraction of sp³-hybridized carbons (Fsp3) is 0.692. The average molecular weight is 291 g/mol. The molecule has 2 N–H and O–H groups in total. The van der Waals surface area contributed by atoms with E-state index in [1.165, 1.54) is 0 Å². The summed E-state index contributed by atoms with van der Waals surface area (Å²) >= 11 is 0. The summed E-state index contributed by atoms with van der Waals surface area (Å²) in [5.74, 6) is -2.99. The van der Waals surface area contributed by atoms with Crippen LogP contribution in [0.25, 0.3) is 0 Å². The van der Waals surface area contributed by atoms with Crippen LogP contribution < -0.4 is 5.32 Å². The van der Waals surface area contributed by atoms with Gasteiger partial charge < -0.3 is 10.4 Å². The van der Waals surface area contributed by atoms with Crippen molar-refractivity contribution in [2.24, 2.45) is 5.41 Å². The van der Waals surface area contributed by atoms with E-state index in [4.69, 9.17) is 5.11 Å². The molecule has 7 heteroatoms. The third kappa shape index (κ3) is 2.66. The summed E-state index contributed by atoms with van der Waals surface area (Å²) < 4.78 is 38.1. The highest BCUT2D eigenvalue weighted by atomic mass is 19.4. The van der Waals surface area contributed by atoms with Crippen molar-refractivity contribution in [3.63, 3.8) is 0 Å². The minimum Gasteiger partial charge on any atom is -0.480 e. The molecule has 4 nitrogen and oxygen atoms in total. The third-order valence-electron chi connectivity index (χ3n) is 4.10. The van der Waals surface area contributed by atoms with Gasteiger partial charge in [0.15, 0.2) is 0 Å². The Labute approximate surface area is 114 Å². The molecule has 2 rings (SSSR count). The molecule has 0 aromatic carbocycles. The molecule has 1 saturated carbocycles. The van der Waals surface area contributed by atoms with Crippen LogP contribution in [-0.2, 0) is 9.59 Å². The van der Waals surface area contributed by atoms with Gasteiger partial charge in [-0.15, -0.1) is 0 Å². The smallest absolute Gasteiger partial charge is 0.454 e. The van der Waals surface area contributed by atoms with Crippen LogP contribution >= 0.6 is 0 Å². The van der Waals surface area contributed by atoms with Crippen LogP contribution in [0.2, 0.25) is 0 Å². The van der Waals surface area contributed by atoms with Gasteiger partial charge in [-0.3, -0.25) is 9.59 Å². The van der Waals surface area contributed by atoms with Gasteiger partial charge in [-0.25, -0.2) is 0 Å². The molecule has 112 valence electrons. The lowest BCUT2D eigenvalue weighted by atomic mass is 9.58. The molecule has 20 heavy (non-hydrogen) atoms. The molecule has 2 aliphatic carbocycles. The SMILES string of the molecule is O=C(O)CNC1=C(C(=O)C(F)(F)F)C2(CCCCC2)C1. The molecule has 2 aliphatic rings. The number of hydrogen-bond acceptors (Lipinski definition) is 3. The lowest BCUT2D eigenvalue weighted by Crippen LogP contribution is -2.47. The molecule has 1 fully saturated rings. The fourth-order valence-corrected chi connectivity index (χ4v) is 3.24. The molecule has 0 aromatic rings. The average Bonchev–Trinajstić information content (AvgIpc) is 2.34. The summed E-state index contributed by atoms with van der Waals surface area (Å²) in [6.07, 6.45) is -0.840. The lowest BCUT2D eigenvalue weighted by Gasteiger charge is -2.48. The van der Waals surface area contributed by atoms with Crippen molar-refractivity contribution >= 4 is 11.8 Å². The van der Waals surface area contributed by atoms with E-state index in [9.17, 15) is 22.8 Å². The van der Waals surface area contributed by atoms with Gasteiger partial charge in [0, 0.05) is 16.7 Å². The fourth-order valence-electron chi connectivity index (χ4n) is 3.24. The second kappa shape index (κ2) is 5.10. The number of Topliss-reactive ketones (excluding diaryl/α,β-unsaturated/α-hetero) is 1. The second-order valence-corrected chi connectivity index (χ2v) is 5.45. The molecule has 0 atom stereocenters. The first-order chi connectivity index (χ1) is 9.26. The first-order valence-electron chi connectivity index (χ1n) is 6.57. The normalized spacial score (nSPS) is 21.6. The third-order valence-corrected chi connectivity index (χ3v) is 4.10. The maximum Gasteiger partial charge on any atom is 0.454 e. The summed E-state index contributed by atoms with van der Waals surface area (Å²) in [7, 11) is 0. The monoisotopic (exact) mass is 291 g/mol. The van der Waals surface area contributed by atoms with Crippen molar-refractivity contribution in [2.45, 2.75) is 44.7 Å². The number of aliphatic carboxylic acids is 1. The molecule has 0 amide bonds. The number of ketones is 1. The Balaban J connectivity index is 2.26. The first-order valence-corrected chi connectivity index (χ1v) is 6.57. The van der Waals surface area contributed by atoms with Crippen molar-refractivity contribution < 1.29 is 27.9 Å². The highest BCUT2D eigenvalue weighted by molar-refractivity contribution is 6.03. The molecule has 0 aromatic heterocycles. The Kier molecular flexibility index (Phi) is 3.80. The van der Waals surface area contributed by atoms with Crippen LogP contribution in [0.3, 0.4) is 0 Å². The molecular weight excluding hydrogens is 275 g/mol. The number of carboxylic acids is 1. The molecule has 1 spiro atoms. The number of carbonyl (C=O) groups is 2. The number of allylic oxidation sites excluding steroid dienone is 2. The van der Waals surface area contributed by atoms with Crippen LogP contribution in [0, 0.1) is 5.41 Å². The lowest BCUT2D eigenvalue weighted by molar-refractivity contribution is -0.169. The summed E-state index contributed by atoms with van der Waals surface area (Å²) in [6.45, 7) is -0.472. The van der Waals surface area contributed by atoms with Crippen molar-refractivity contribution in [3.8, 4) is 0 Å². The Morgan fingerprint density at radius 3 is 2.30 bits per heavy atom.